The monoisotopic (exact) mass is 297 g/mol. The van der Waals surface area contributed by atoms with Crippen LogP contribution in [-0.2, 0) is 23.1 Å². The van der Waals surface area contributed by atoms with Crippen LogP contribution in [0.25, 0.3) is 0 Å². The smallest absolute Gasteiger partial charge is 0.118 e. The number of hydrogen-bond acceptors (Lipinski definition) is 4. The van der Waals surface area contributed by atoms with E-state index in [0.29, 0.717) is 12.3 Å². The SMILES string of the molecule is CC(C)(C)NCc1ccc(CS(=O)c2cccs2)o1. The fourth-order valence-electron chi connectivity index (χ4n) is 1.54. The highest BCUT2D eigenvalue weighted by Crippen LogP contribution is 2.19. The molecule has 0 aliphatic rings. The highest BCUT2D eigenvalue weighted by atomic mass is 32.2. The molecule has 3 nitrogen and oxygen atoms in total. The van der Waals surface area contributed by atoms with E-state index in [9.17, 15) is 4.21 Å². The Bertz CT molecular complexity index is 538. The van der Waals surface area contributed by atoms with Crippen molar-refractivity contribution in [2.24, 2.45) is 0 Å². The number of nitrogens with one attached hydrogen (secondary N) is 1. The highest BCUT2D eigenvalue weighted by molar-refractivity contribution is 7.86. The molecule has 1 atom stereocenters. The summed E-state index contributed by atoms with van der Waals surface area (Å²) in [5.41, 5.74) is 0.0622. The van der Waals surface area contributed by atoms with Crippen molar-refractivity contribution in [2.45, 2.75) is 42.8 Å². The van der Waals surface area contributed by atoms with E-state index < -0.39 is 10.8 Å². The largest absolute Gasteiger partial charge is 0.464 e. The third kappa shape index (κ3) is 4.60. The summed E-state index contributed by atoms with van der Waals surface area (Å²) in [6.45, 7) is 7.03. The minimum atomic E-state index is -1.01. The average molecular weight is 297 g/mol. The van der Waals surface area contributed by atoms with Crippen LogP contribution in [0.15, 0.2) is 38.3 Å². The molecule has 0 amide bonds. The molecule has 0 bridgehead atoms. The molecule has 0 fully saturated rings. The van der Waals surface area contributed by atoms with Gasteiger partial charge < -0.3 is 9.73 Å². The van der Waals surface area contributed by atoms with Gasteiger partial charge in [-0.25, -0.2) is 0 Å². The summed E-state index contributed by atoms with van der Waals surface area (Å²) in [6.07, 6.45) is 0. The molecule has 104 valence electrons. The van der Waals surface area contributed by atoms with E-state index in [4.69, 9.17) is 4.42 Å². The Morgan fingerprint density at radius 3 is 2.63 bits per heavy atom. The van der Waals surface area contributed by atoms with Crippen LogP contribution in [0.4, 0.5) is 0 Å². The lowest BCUT2D eigenvalue weighted by molar-refractivity contribution is 0.382. The third-order valence-electron chi connectivity index (χ3n) is 2.50. The van der Waals surface area contributed by atoms with Crippen LogP contribution in [0.1, 0.15) is 32.3 Å². The van der Waals surface area contributed by atoms with Gasteiger partial charge in [0.05, 0.1) is 27.3 Å². The normalized spacial score (nSPS) is 13.6. The molecule has 0 saturated carbocycles. The van der Waals surface area contributed by atoms with Crippen LogP contribution < -0.4 is 5.32 Å². The average Bonchev–Trinajstić information content (AvgIpc) is 2.96. The summed E-state index contributed by atoms with van der Waals surface area (Å²) in [6, 6.07) is 7.66. The highest BCUT2D eigenvalue weighted by Gasteiger charge is 2.12. The third-order valence-corrected chi connectivity index (χ3v) is 5.14. The van der Waals surface area contributed by atoms with Crippen molar-refractivity contribution >= 4 is 22.1 Å². The predicted octanol–water partition coefficient (Wildman–Crippen LogP) is 3.54. The lowest BCUT2D eigenvalue weighted by Crippen LogP contribution is -2.34. The second-order valence-corrected chi connectivity index (χ2v) is 8.02. The molecule has 1 N–H and O–H groups in total. The van der Waals surface area contributed by atoms with Crippen molar-refractivity contribution < 1.29 is 8.63 Å². The van der Waals surface area contributed by atoms with Crippen LogP contribution in [0, 0.1) is 0 Å². The van der Waals surface area contributed by atoms with Crippen LogP contribution >= 0.6 is 11.3 Å². The summed E-state index contributed by atoms with van der Waals surface area (Å²) in [7, 11) is -1.01. The molecule has 2 heterocycles. The second-order valence-electron chi connectivity index (χ2n) is 5.39. The number of hydrogen-bond donors (Lipinski definition) is 1. The number of furan rings is 1. The van der Waals surface area contributed by atoms with Crippen LogP contribution in [0.3, 0.4) is 0 Å². The zero-order chi connectivity index (χ0) is 13.9. The Labute approximate surface area is 120 Å². The van der Waals surface area contributed by atoms with E-state index >= 15 is 0 Å². The molecule has 0 aromatic carbocycles. The minimum absolute atomic E-state index is 0.0622. The van der Waals surface area contributed by atoms with Crippen LogP contribution in [-0.4, -0.2) is 9.75 Å². The molecule has 1 unspecified atom stereocenters. The van der Waals surface area contributed by atoms with Crippen molar-refractivity contribution in [3.05, 3.63) is 41.2 Å². The van der Waals surface area contributed by atoms with Crippen molar-refractivity contribution in [3.63, 3.8) is 0 Å². The Kier molecular flexibility index (Phi) is 4.60. The molecule has 5 heteroatoms. The molecular weight excluding hydrogens is 278 g/mol. The maximum atomic E-state index is 12.0. The first-order valence-electron chi connectivity index (χ1n) is 6.18. The number of thiophene rings is 1. The Morgan fingerprint density at radius 1 is 1.26 bits per heavy atom. The molecule has 0 saturated heterocycles. The van der Waals surface area contributed by atoms with E-state index in [-0.39, 0.29) is 5.54 Å². The van der Waals surface area contributed by atoms with E-state index in [1.807, 2.05) is 29.6 Å². The van der Waals surface area contributed by atoms with E-state index in [1.54, 1.807) is 0 Å². The van der Waals surface area contributed by atoms with Crippen molar-refractivity contribution in [1.82, 2.24) is 5.32 Å². The summed E-state index contributed by atoms with van der Waals surface area (Å²) in [4.78, 5) is 0. The Balaban J connectivity index is 1.92. The first-order valence-corrected chi connectivity index (χ1v) is 8.38. The van der Waals surface area contributed by atoms with E-state index in [0.717, 1.165) is 15.7 Å². The molecule has 0 aliphatic carbocycles. The zero-order valence-electron chi connectivity index (χ0n) is 11.4. The fraction of sp³-hybridized carbons (Fsp3) is 0.429. The summed E-state index contributed by atoms with van der Waals surface area (Å²) < 4.78 is 18.6. The maximum absolute atomic E-state index is 12.0. The lowest BCUT2D eigenvalue weighted by atomic mass is 10.1. The van der Waals surface area contributed by atoms with Gasteiger partial charge in [-0.15, -0.1) is 11.3 Å². The first kappa shape index (κ1) is 14.5. The minimum Gasteiger partial charge on any atom is -0.464 e. The van der Waals surface area contributed by atoms with Crippen molar-refractivity contribution in [1.29, 1.82) is 0 Å². The molecular formula is C14H19NO2S2. The topological polar surface area (TPSA) is 42.2 Å². The van der Waals surface area contributed by atoms with E-state index in [2.05, 4.69) is 26.1 Å². The van der Waals surface area contributed by atoms with Gasteiger partial charge in [0.1, 0.15) is 11.5 Å². The van der Waals surface area contributed by atoms with Crippen LogP contribution in [0.5, 0.6) is 0 Å². The molecule has 2 rings (SSSR count). The predicted molar refractivity (Wildman–Crippen MR) is 79.7 cm³/mol. The molecule has 0 spiro atoms. The zero-order valence-corrected chi connectivity index (χ0v) is 13.1. The van der Waals surface area contributed by atoms with Gasteiger partial charge in [0, 0.05) is 5.54 Å². The number of rotatable bonds is 5. The molecule has 2 aromatic rings. The van der Waals surface area contributed by atoms with Gasteiger partial charge in [-0.1, -0.05) is 6.07 Å². The van der Waals surface area contributed by atoms with E-state index in [1.165, 1.54) is 11.3 Å². The standard InChI is InChI=1S/C14H19NO2S2/c1-14(2,3)15-9-11-6-7-12(17-11)10-19(16)13-5-4-8-18-13/h4-8,15H,9-10H2,1-3H3. The lowest BCUT2D eigenvalue weighted by Gasteiger charge is -2.19. The summed E-state index contributed by atoms with van der Waals surface area (Å²) >= 11 is 1.52. The maximum Gasteiger partial charge on any atom is 0.118 e. The first-order chi connectivity index (χ1) is 8.94. The van der Waals surface area contributed by atoms with Crippen molar-refractivity contribution in [3.8, 4) is 0 Å². The van der Waals surface area contributed by atoms with Gasteiger partial charge in [0.15, 0.2) is 0 Å². The second kappa shape index (κ2) is 6.03. The molecule has 0 aliphatic heterocycles. The Hall–Kier alpha value is -0.910. The molecule has 19 heavy (non-hydrogen) atoms. The summed E-state index contributed by atoms with van der Waals surface area (Å²) in [5, 5.41) is 5.30. The van der Waals surface area contributed by atoms with Gasteiger partial charge >= 0.3 is 0 Å². The van der Waals surface area contributed by atoms with Gasteiger partial charge in [-0.05, 0) is 44.4 Å². The van der Waals surface area contributed by atoms with Gasteiger partial charge in [0.2, 0.25) is 0 Å². The summed E-state index contributed by atoms with van der Waals surface area (Å²) in [5.74, 6) is 2.10. The quantitative estimate of drug-likeness (QED) is 0.918. The van der Waals surface area contributed by atoms with Gasteiger partial charge in [-0.2, -0.15) is 0 Å². The molecule has 0 radical (unpaired) electrons. The van der Waals surface area contributed by atoms with Gasteiger partial charge in [-0.3, -0.25) is 4.21 Å². The van der Waals surface area contributed by atoms with Gasteiger partial charge in [0.25, 0.3) is 0 Å². The van der Waals surface area contributed by atoms with Crippen molar-refractivity contribution in [2.75, 3.05) is 0 Å². The van der Waals surface area contributed by atoms with Crippen LogP contribution in [0.2, 0.25) is 0 Å². The fourth-order valence-corrected chi connectivity index (χ4v) is 3.55. The Morgan fingerprint density at radius 2 is 2.00 bits per heavy atom. The molecule has 2 aromatic heterocycles.